The highest BCUT2D eigenvalue weighted by molar-refractivity contribution is 5.46. The van der Waals surface area contributed by atoms with Crippen molar-refractivity contribution in [2.24, 2.45) is 5.92 Å². The first kappa shape index (κ1) is 18.4. The van der Waals surface area contributed by atoms with E-state index < -0.39 is 0 Å². The summed E-state index contributed by atoms with van der Waals surface area (Å²) >= 11 is 0. The van der Waals surface area contributed by atoms with Crippen LogP contribution in [0.5, 0.6) is 0 Å². The van der Waals surface area contributed by atoms with E-state index in [-0.39, 0.29) is 6.10 Å². The van der Waals surface area contributed by atoms with E-state index in [1.165, 1.54) is 5.69 Å². The van der Waals surface area contributed by atoms with Crippen LogP contribution in [0.3, 0.4) is 0 Å². The minimum Gasteiger partial charge on any atom is -0.376 e. The van der Waals surface area contributed by atoms with Gasteiger partial charge in [0.15, 0.2) is 6.04 Å². The Kier molecular flexibility index (Phi) is 5.69. The van der Waals surface area contributed by atoms with Gasteiger partial charge in [-0.3, -0.25) is 0 Å². The second kappa shape index (κ2) is 8.35. The Labute approximate surface area is 161 Å². The molecule has 146 valence electrons. The maximum absolute atomic E-state index is 5.80. The predicted molar refractivity (Wildman–Crippen MR) is 104 cm³/mol. The topological polar surface area (TPSA) is 60.5 Å². The zero-order chi connectivity index (χ0) is 18.6. The minimum atomic E-state index is 0.255. The van der Waals surface area contributed by atoms with Crippen molar-refractivity contribution in [1.29, 1.82) is 0 Å². The Morgan fingerprint density at radius 2 is 1.96 bits per heavy atom. The van der Waals surface area contributed by atoms with Crippen LogP contribution >= 0.6 is 0 Å². The van der Waals surface area contributed by atoms with Gasteiger partial charge in [0.2, 0.25) is 5.82 Å². The van der Waals surface area contributed by atoms with Gasteiger partial charge in [-0.2, -0.15) is 0 Å². The number of hydrogen-bond donors (Lipinski definition) is 1. The van der Waals surface area contributed by atoms with Crippen molar-refractivity contribution in [1.82, 2.24) is 20.2 Å². The molecule has 2 aliphatic rings. The molecule has 0 aliphatic carbocycles. The molecule has 1 aromatic heterocycles. The Bertz CT molecular complexity index is 704. The van der Waals surface area contributed by atoms with E-state index >= 15 is 0 Å². The quantitative estimate of drug-likeness (QED) is 0.819. The third-order valence-electron chi connectivity index (χ3n) is 5.87. The number of hydrogen-bond acceptors (Lipinski definition) is 5. The zero-order valence-electron chi connectivity index (χ0n) is 16.4. The molecule has 2 fully saturated rings. The summed E-state index contributed by atoms with van der Waals surface area (Å²) in [7, 11) is 0. The van der Waals surface area contributed by atoms with Gasteiger partial charge in [0.05, 0.1) is 38.8 Å². The fourth-order valence-electron chi connectivity index (χ4n) is 4.50. The molecule has 4 rings (SSSR count). The fourth-order valence-corrected chi connectivity index (χ4v) is 4.50. The van der Waals surface area contributed by atoms with E-state index in [9.17, 15) is 0 Å². The number of ether oxygens (including phenoxy) is 1. The molecule has 0 amide bonds. The van der Waals surface area contributed by atoms with E-state index in [0.717, 1.165) is 58.0 Å². The average molecular weight is 372 g/mol. The largest absolute Gasteiger partial charge is 0.376 e. The number of para-hydroxylation sites is 1. The van der Waals surface area contributed by atoms with E-state index in [1.807, 2.05) is 4.68 Å². The minimum absolute atomic E-state index is 0.255. The summed E-state index contributed by atoms with van der Waals surface area (Å²) in [6.45, 7) is 10.5. The van der Waals surface area contributed by atoms with Crippen LogP contribution < -0.4 is 9.80 Å². The van der Waals surface area contributed by atoms with Gasteiger partial charge in [-0.15, -0.1) is 5.10 Å². The monoisotopic (exact) mass is 371 g/mol. The van der Waals surface area contributed by atoms with Crippen molar-refractivity contribution >= 4 is 5.69 Å². The van der Waals surface area contributed by atoms with Crippen LogP contribution in [-0.2, 0) is 11.3 Å². The van der Waals surface area contributed by atoms with E-state index in [2.05, 4.69) is 64.6 Å². The highest BCUT2D eigenvalue weighted by atomic mass is 16.5. The lowest BCUT2D eigenvalue weighted by Gasteiger charge is -2.38. The summed E-state index contributed by atoms with van der Waals surface area (Å²) < 4.78 is 7.80. The van der Waals surface area contributed by atoms with Crippen molar-refractivity contribution in [2.75, 3.05) is 37.7 Å². The summed E-state index contributed by atoms with van der Waals surface area (Å²) in [6.07, 6.45) is 2.50. The van der Waals surface area contributed by atoms with Crippen molar-refractivity contribution in [3.8, 4) is 0 Å². The summed E-state index contributed by atoms with van der Waals surface area (Å²) in [6, 6.07) is 11.0. The molecule has 0 bridgehead atoms. The highest BCUT2D eigenvalue weighted by Crippen LogP contribution is 2.20. The predicted octanol–water partition coefficient (Wildman–Crippen LogP) is 0.954. The summed E-state index contributed by atoms with van der Waals surface area (Å²) in [5, 5.41) is 12.7. The van der Waals surface area contributed by atoms with Gasteiger partial charge in [0, 0.05) is 18.2 Å². The number of tetrazole rings is 1. The Balaban J connectivity index is 1.45. The number of piperazine rings is 1. The number of aromatic nitrogens is 4. The van der Waals surface area contributed by atoms with Gasteiger partial charge < -0.3 is 14.5 Å². The van der Waals surface area contributed by atoms with Crippen LogP contribution in [0.25, 0.3) is 0 Å². The van der Waals surface area contributed by atoms with Gasteiger partial charge in [-0.1, -0.05) is 32.0 Å². The molecule has 3 heterocycles. The van der Waals surface area contributed by atoms with E-state index in [1.54, 1.807) is 4.90 Å². The van der Waals surface area contributed by atoms with Crippen LogP contribution in [0.2, 0.25) is 0 Å². The molecule has 0 saturated carbocycles. The molecule has 1 N–H and O–H groups in total. The molecule has 7 heteroatoms. The molecule has 2 aliphatic heterocycles. The van der Waals surface area contributed by atoms with Crippen LogP contribution in [0.1, 0.15) is 38.6 Å². The molecular formula is C20H31N6O+. The third kappa shape index (κ3) is 4.14. The molecule has 0 radical (unpaired) electrons. The average Bonchev–Trinajstić information content (AvgIpc) is 3.36. The Hall–Kier alpha value is -1.99. The first-order valence-electron chi connectivity index (χ1n) is 10.2. The van der Waals surface area contributed by atoms with Crippen LogP contribution in [-0.4, -0.2) is 59.1 Å². The number of quaternary nitrogens is 1. The molecule has 2 aromatic rings. The number of nitrogens with zero attached hydrogens (tertiary/aromatic N) is 5. The van der Waals surface area contributed by atoms with Crippen molar-refractivity contribution in [2.45, 2.75) is 45.4 Å². The number of anilines is 1. The molecular weight excluding hydrogens is 340 g/mol. The maximum atomic E-state index is 5.80. The third-order valence-corrected chi connectivity index (χ3v) is 5.87. The normalized spacial score (nSPS) is 22.5. The molecule has 0 unspecified atom stereocenters. The summed E-state index contributed by atoms with van der Waals surface area (Å²) in [4.78, 5) is 4.07. The summed E-state index contributed by atoms with van der Waals surface area (Å²) in [5.41, 5.74) is 1.32. The molecule has 2 saturated heterocycles. The van der Waals surface area contributed by atoms with E-state index in [0.29, 0.717) is 12.0 Å². The number of benzene rings is 1. The van der Waals surface area contributed by atoms with Crippen LogP contribution in [0, 0.1) is 5.92 Å². The van der Waals surface area contributed by atoms with Crippen LogP contribution in [0.15, 0.2) is 30.3 Å². The Morgan fingerprint density at radius 1 is 1.19 bits per heavy atom. The smallest absolute Gasteiger partial charge is 0.209 e. The SMILES string of the molecule is CC(C)[C@@H](c1nnnn1C[C@@H]1CCCO1)[NH+]1CCN(c2ccccc2)CC1. The second-order valence-electron chi connectivity index (χ2n) is 8.06. The standard InChI is InChI=1S/C20H30N6O/c1-16(2)19(20-21-22-23-26(20)15-18-9-6-14-27-18)25-12-10-24(11-13-25)17-7-4-3-5-8-17/h3-5,7-8,16,18-19H,6,9-15H2,1-2H3/p+1/t18-,19-/m0/s1. The van der Waals surface area contributed by atoms with Gasteiger partial charge in [-0.25, -0.2) is 4.68 Å². The number of rotatable bonds is 6. The van der Waals surface area contributed by atoms with Gasteiger partial charge in [-0.05, 0) is 35.4 Å². The first-order valence-corrected chi connectivity index (χ1v) is 10.2. The zero-order valence-corrected chi connectivity index (χ0v) is 16.4. The van der Waals surface area contributed by atoms with Crippen molar-refractivity contribution in [3.63, 3.8) is 0 Å². The molecule has 7 nitrogen and oxygen atoms in total. The van der Waals surface area contributed by atoms with Gasteiger partial charge in [0.1, 0.15) is 0 Å². The van der Waals surface area contributed by atoms with Crippen molar-refractivity contribution in [3.05, 3.63) is 36.2 Å². The van der Waals surface area contributed by atoms with E-state index in [4.69, 9.17) is 4.74 Å². The van der Waals surface area contributed by atoms with Crippen LogP contribution in [0.4, 0.5) is 5.69 Å². The lowest BCUT2D eigenvalue weighted by atomic mass is 10.0. The molecule has 1 aromatic carbocycles. The van der Waals surface area contributed by atoms with Gasteiger partial charge in [0.25, 0.3) is 0 Å². The lowest BCUT2D eigenvalue weighted by molar-refractivity contribution is -0.937. The first-order chi connectivity index (χ1) is 13.2. The molecule has 0 spiro atoms. The lowest BCUT2D eigenvalue weighted by Crippen LogP contribution is -3.15. The number of nitrogens with one attached hydrogen (secondary N) is 1. The second-order valence-corrected chi connectivity index (χ2v) is 8.06. The molecule has 27 heavy (non-hydrogen) atoms. The maximum Gasteiger partial charge on any atom is 0.209 e. The Morgan fingerprint density at radius 3 is 2.63 bits per heavy atom. The highest BCUT2D eigenvalue weighted by Gasteiger charge is 2.35. The van der Waals surface area contributed by atoms with Gasteiger partial charge >= 0.3 is 0 Å². The fraction of sp³-hybridized carbons (Fsp3) is 0.650. The summed E-state index contributed by atoms with van der Waals surface area (Å²) in [5.74, 6) is 1.50. The molecule has 2 atom stereocenters. The van der Waals surface area contributed by atoms with Crippen molar-refractivity contribution < 1.29 is 9.64 Å².